The summed E-state index contributed by atoms with van der Waals surface area (Å²) in [6.45, 7) is 0. The van der Waals surface area contributed by atoms with Gasteiger partial charge in [0.2, 0.25) is 21.9 Å². The van der Waals surface area contributed by atoms with Gasteiger partial charge in [0, 0.05) is 29.5 Å². The summed E-state index contributed by atoms with van der Waals surface area (Å²) in [4.78, 5) is 38.5. The average Bonchev–Trinajstić information content (AvgIpc) is 2.77. The van der Waals surface area contributed by atoms with Crippen molar-refractivity contribution in [1.29, 1.82) is 0 Å². The summed E-state index contributed by atoms with van der Waals surface area (Å²) in [5.74, 6) is -0.755. The monoisotopic (exact) mass is 366 g/mol. The van der Waals surface area contributed by atoms with Crippen LogP contribution < -0.4 is 10.5 Å². The molecule has 0 aliphatic rings. The van der Waals surface area contributed by atoms with E-state index in [0.717, 1.165) is 10.9 Å². The topological polar surface area (TPSA) is 110 Å². The van der Waals surface area contributed by atoms with Gasteiger partial charge in [-0.05, 0) is 42.5 Å². The Hall–Kier alpha value is -3.81. The molecule has 0 bridgehead atoms. The Balaban J connectivity index is 0.000000161. The Labute approximate surface area is 162 Å². The summed E-state index contributed by atoms with van der Waals surface area (Å²) >= 11 is 0. The number of rotatable bonds is 2. The number of amides is 2. The van der Waals surface area contributed by atoms with Gasteiger partial charge in [-0.2, -0.15) is 0 Å². The molecular weight excluding hydrogens is 354 g/mol. The van der Waals surface area contributed by atoms with Crippen LogP contribution in [0.4, 0.5) is 0 Å². The molecule has 132 valence electrons. The van der Waals surface area contributed by atoms with E-state index in [9.17, 15) is 9.59 Å². The first-order valence-corrected chi connectivity index (χ1v) is 8.07. The minimum Gasteiger partial charge on any atom is -0.405 e. The van der Waals surface area contributed by atoms with Gasteiger partial charge < -0.3 is 10.5 Å². The molecule has 28 heavy (non-hydrogen) atoms. The van der Waals surface area contributed by atoms with Crippen molar-refractivity contribution < 1.29 is 9.59 Å². The molecule has 2 N–H and O–H groups in total. The predicted molar refractivity (Wildman–Crippen MR) is 106 cm³/mol. The van der Waals surface area contributed by atoms with Crippen molar-refractivity contribution in [3.8, 4) is 0 Å². The van der Waals surface area contributed by atoms with Crippen molar-refractivity contribution in [3.05, 3.63) is 72.3 Å². The molecule has 3 heterocycles. The fraction of sp³-hybridized carbons (Fsp3) is 0. The molecule has 0 spiro atoms. The van der Waals surface area contributed by atoms with Gasteiger partial charge in [-0.3, -0.25) is 19.6 Å². The SMILES string of the molecule is [B]NC(=O)c1ccc2cccnc2n1.[B]NC(=O)c1ccc2nccnc2c1. The number of benzene rings is 1. The summed E-state index contributed by atoms with van der Waals surface area (Å²) in [6.07, 6.45) is 4.80. The van der Waals surface area contributed by atoms with Crippen molar-refractivity contribution in [2.24, 2.45) is 0 Å². The second-order valence-corrected chi connectivity index (χ2v) is 5.45. The molecule has 4 aromatic rings. The number of aromatic nitrogens is 4. The molecule has 0 unspecified atom stereocenters. The standard InChI is InChI=1S/2C9H6BN3O/c10-13-9(14)6-1-2-7-8(5-6)12-4-3-11-7;10-13-9(14)7-4-3-6-2-1-5-11-8(6)12-7/h2*1-5H,(H,13,14). The van der Waals surface area contributed by atoms with Crippen LogP contribution >= 0.6 is 0 Å². The van der Waals surface area contributed by atoms with Crippen LogP contribution in [0.3, 0.4) is 0 Å². The van der Waals surface area contributed by atoms with Crippen molar-refractivity contribution in [2.75, 3.05) is 0 Å². The second kappa shape index (κ2) is 8.72. The molecule has 2 amide bonds. The van der Waals surface area contributed by atoms with Gasteiger partial charge in [0.15, 0.2) is 5.65 Å². The molecule has 0 saturated heterocycles. The Kier molecular flexibility index (Phi) is 5.91. The van der Waals surface area contributed by atoms with E-state index in [4.69, 9.17) is 16.0 Å². The zero-order valence-corrected chi connectivity index (χ0v) is 14.5. The summed E-state index contributed by atoms with van der Waals surface area (Å²) in [7, 11) is 10.0. The van der Waals surface area contributed by atoms with Crippen LogP contribution in [0.25, 0.3) is 22.1 Å². The Morgan fingerprint density at radius 3 is 2.29 bits per heavy atom. The number of carbonyl (C=O) groups is 2. The van der Waals surface area contributed by atoms with Crippen LogP contribution in [0.5, 0.6) is 0 Å². The minimum atomic E-state index is -0.419. The zero-order chi connectivity index (χ0) is 19.9. The summed E-state index contributed by atoms with van der Waals surface area (Å²) in [6, 6.07) is 12.1. The Morgan fingerprint density at radius 1 is 0.786 bits per heavy atom. The first-order chi connectivity index (χ1) is 13.6. The van der Waals surface area contributed by atoms with Crippen LogP contribution in [-0.4, -0.2) is 47.7 Å². The van der Waals surface area contributed by atoms with E-state index in [-0.39, 0.29) is 11.6 Å². The molecule has 1 aromatic carbocycles. The normalized spacial score (nSPS) is 10.0. The third-order valence-corrected chi connectivity index (χ3v) is 3.69. The summed E-state index contributed by atoms with van der Waals surface area (Å²) in [5, 5.41) is 4.97. The summed E-state index contributed by atoms with van der Waals surface area (Å²) < 4.78 is 0. The van der Waals surface area contributed by atoms with Crippen LogP contribution in [0, 0.1) is 0 Å². The summed E-state index contributed by atoms with van der Waals surface area (Å²) in [5.41, 5.74) is 2.70. The molecule has 10 heteroatoms. The molecule has 4 radical (unpaired) electrons. The van der Waals surface area contributed by atoms with Crippen LogP contribution in [-0.2, 0) is 0 Å². The number of fused-ring (bicyclic) bond motifs is 2. The first kappa shape index (κ1) is 19.0. The molecule has 0 aliphatic heterocycles. The van der Waals surface area contributed by atoms with Gasteiger partial charge >= 0.3 is 0 Å². The second-order valence-electron chi connectivity index (χ2n) is 5.45. The van der Waals surface area contributed by atoms with Crippen molar-refractivity contribution in [1.82, 2.24) is 30.4 Å². The van der Waals surface area contributed by atoms with Gasteiger partial charge in [0.25, 0.3) is 5.91 Å². The fourth-order valence-corrected chi connectivity index (χ4v) is 2.34. The van der Waals surface area contributed by atoms with Crippen LogP contribution in [0.2, 0.25) is 0 Å². The quantitative estimate of drug-likeness (QED) is 0.510. The molecular formula is C18H12B2N6O2. The number of nitrogens with zero attached hydrogens (tertiary/aromatic N) is 4. The maximum absolute atomic E-state index is 11.2. The van der Waals surface area contributed by atoms with Crippen LogP contribution in [0.1, 0.15) is 20.8 Å². The van der Waals surface area contributed by atoms with E-state index in [1.807, 2.05) is 17.4 Å². The Bertz CT molecular complexity index is 1060. The lowest BCUT2D eigenvalue weighted by Gasteiger charge is -2.00. The maximum atomic E-state index is 11.2. The van der Waals surface area contributed by atoms with Crippen molar-refractivity contribution in [3.63, 3.8) is 0 Å². The average molecular weight is 366 g/mol. The lowest BCUT2D eigenvalue weighted by Crippen LogP contribution is -2.20. The van der Waals surface area contributed by atoms with Gasteiger partial charge in [-0.15, -0.1) is 0 Å². The lowest BCUT2D eigenvalue weighted by atomic mass is 10.1. The number of nitrogens with one attached hydrogen (secondary N) is 2. The third kappa shape index (κ3) is 4.29. The largest absolute Gasteiger partial charge is 0.405 e. The van der Waals surface area contributed by atoms with Gasteiger partial charge in [0.05, 0.1) is 11.0 Å². The smallest absolute Gasteiger partial charge is 0.257 e. The van der Waals surface area contributed by atoms with E-state index < -0.39 is 5.91 Å². The molecule has 0 atom stereocenters. The molecule has 4 rings (SSSR count). The number of pyridine rings is 2. The highest BCUT2D eigenvalue weighted by atomic mass is 16.2. The van der Waals surface area contributed by atoms with E-state index >= 15 is 0 Å². The minimum absolute atomic E-state index is 0.263. The number of hydrogen-bond acceptors (Lipinski definition) is 6. The number of hydrogen-bond donors (Lipinski definition) is 2. The molecule has 0 fully saturated rings. The Morgan fingerprint density at radius 2 is 1.54 bits per heavy atom. The van der Waals surface area contributed by atoms with Gasteiger partial charge in [0.1, 0.15) is 5.69 Å². The van der Waals surface area contributed by atoms with E-state index in [0.29, 0.717) is 16.7 Å². The van der Waals surface area contributed by atoms with Crippen LogP contribution in [0.15, 0.2) is 61.1 Å². The highest BCUT2D eigenvalue weighted by Crippen LogP contribution is 2.10. The highest BCUT2D eigenvalue weighted by molar-refractivity contribution is 6.18. The molecule has 3 aromatic heterocycles. The van der Waals surface area contributed by atoms with E-state index in [1.165, 1.54) is 0 Å². The third-order valence-electron chi connectivity index (χ3n) is 3.69. The first-order valence-electron chi connectivity index (χ1n) is 8.07. The van der Waals surface area contributed by atoms with E-state index in [1.54, 1.807) is 48.9 Å². The molecule has 8 nitrogen and oxygen atoms in total. The predicted octanol–water partition coefficient (Wildman–Crippen LogP) is 0.886. The molecule has 0 saturated carbocycles. The highest BCUT2D eigenvalue weighted by Gasteiger charge is 2.05. The van der Waals surface area contributed by atoms with E-state index in [2.05, 4.69) is 25.2 Å². The number of carbonyl (C=O) groups excluding carboxylic acids is 2. The zero-order valence-electron chi connectivity index (χ0n) is 14.5. The lowest BCUT2D eigenvalue weighted by molar-refractivity contribution is 0.0971. The van der Waals surface area contributed by atoms with Gasteiger partial charge in [-0.1, -0.05) is 0 Å². The maximum Gasteiger partial charge on any atom is 0.257 e. The van der Waals surface area contributed by atoms with Gasteiger partial charge in [-0.25, -0.2) is 9.97 Å². The van der Waals surface area contributed by atoms with Crippen molar-refractivity contribution in [2.45, 2.75) is 0 Å². The molecule has 0 aliphatic carbocycles. The fourth-order valence-electron chi connectivity index (χ4n) is 2.34. The van der Waals surface area contributed by atoms with Crippen molar-refractivity contribution >= 4 is 49.8 Å².